The number of piperidine rings is 1. The van der Waals surface area contributed by atoms with Gasteiger partial charge in [-0.1, -0.05) is 83.1 Å². The van der Waals surface area contributed by atoms with Gasteiger partial charge in [-0.3, -0.25) is 0 Å². The molecule has 0 saturated carbocycles. The normalized spacial score (nSPS) is 17.9. The van der Waals surface area contributed by atoms with E-state index in [2.05, 4.69) is 0 Å². The zero-order chi connectivity index (χ0) is 35.6. The van der Waals surface area contributed by atoms with Crippen molar-refractivity contribution in [2.75, 3.05) is 0 Å². The molecule has 1 aliphatic rings. The lowest BCUT2D eigenvalue weighted by molar-refractivity contribution is -0.256. The monoisotopic (exact) mass is 637 g/mol. The molecule has 0 unspecified atom stereocenters. The maximum Gasteiger partial charge on any atom is 0.343 e. The minimum absolute atomic E-state index is 0.196. The number of rotatable bonds is 4. The summed E-state index contributed by atoms with van der Waals surface area (Å²) in [6, 6.07) is 7.03. The van der Waals surface area contributed by atoms with E-state index in [1.165, 1.54) is 5.06 Å². The Balaban J connectivity index is 2.14. The third-order valence-corrected chi connectivity index (χ3v) is 8.97. The van der Waals surface area contributed by atoms with E-state index in [1.54, 1.807) is 24.3 Å². The molecular weight excluding hydrogens is 578 g/mol. The van der Waals surface area contributed by atoms with Crippen LogP contribution in [0.25, 0.3) is 0 Å². The molecule has 0 radical (unpaired) electrons. The Morgan fingerprint density at radius 1 is 0.652 bits per heavy atom. The molecule has 2 aromatic carbocycles. The molecule has 256 valence electrons. The predicted molar refractivity (Wildman–Crippen MR) is 185 cm³/mol. The first kappa shape index (κ1) is 37.6. The zero-order valence-corrected chi connectivity index (χ0v) is 31.3. The highest BCUT2D eigenvalue weighted by atomic mass is 16.6. The second-order valence-electron chi connectivity index (χ2n) is 18.6. The summed E-state index contributed by atoms with van der Waals surface area (Å²) in [5, 5.41) is 23.3. The summed E-state index contributed by atoms with van der Waals surface area (Å²) in [5.41, 5.74) is 0.627. The van der Waals surface area contributed by atoms with E-state index in [4.69, 9.17) is 9.47 Å². The van der Waals surface area contributed by atoms with Gasteiger partial charge in [0.05, 0.1) is 11.1 Å². The van der Waals surface area contributed by atoms with Gasteiger partial charge in [-0.2, -0.15) is 5.06 Å². The third-order valence-electron chi connectivity index (χ3n) is 8.97. The van der Waals surface area contributed by atoms with E-state index >= 15 is 0 Å². The van der Waals surface area contributed by atoms with E-state index in [0.717, 1.165) is 11.1 Å². The van der Waals surface area contributed by atoms with Crippen molar-refractivity contribution in [1.29, 1.82) is 0 Å². The third kappa shape index (κ3) is 7.96. The van der Waals surface area contributed by atoms with Crippen molar-refractivity contribution in [1.82, 2.24) is 5.06 Å². The average molecular weight is 638 g/mol. The Kier molecular flexibility index (Phi) is 9.77. The van der Waals surface area contributed by atoms with Crippen LogP contribution in [0.15, 0.2) is 24.3 Å². The molecule has 7 nitrogen and oxygen atoms in total. The van der Waals surface area contributed by atoms with Crippen LogP contribution < -0.4 is 4.74 Å². The molecule has 7 heteroatoms. The van der Waals surface area contributed by atoms with Crippen LogP contribution in [0.3, 0.4) is 0 Å². The molecule has 1 heterocycles. The molecule has 0 amide bonds. The zero-order valence-electron chi connectivity index (χ0n) is 31.3. The van der Waals surface area contributed by atoms with Gasteiger partial charge in [-0.25, -0.2) is 9.59 Å². The van der Waals surface area contributed by atoms with Crippen LogP contribution >= 0.6 is 0 Å². The largest absolute Gasteiger partial charge is 0.507 e. The van der Waals surface area contributed by atoms with Gasteiger partial charge in [0, 0.05) is 46.2 Å². The first-order chi connectivity index (χ1) is 20.5. The van der Waals surface area contributed by atoms with Gasteiger partial charge in [0.2, 0.25) is 0 Å². The fourth-order valence-electron chi connectivity index (χ4n) is 6.50. The van der Waals surface area contributed by atoms with Crippen LogP contribution in [0.2, 0.25) is 0 Å². The summed E-state index contributed by atoms with van der Waals surface area (Å²) in [7, 11) is 0. The van der Waals surface area contributed by atoms with E-state index in [9.17, 15) is 19.9 Å². The Morgan fingerprint density at radius 2 is 0.978 bits per heavy atom. The average Bonchev–Trinajstić information content (AvgIpc) is 2.84. The molecule has 46 heavy (non-hydrogen) atoms. The van der Waals surface area contributed by atoms with E-state index in [-0.39, 0.29) is 11.9 Å². The quantitative estimate of drug-likeness (QED) is 0.255. The summed E-state index contributed by atoms with van der Waals surface area (Å²) < 4.78 is 12.5. The van der Waals surface area contributed by atoms with E-state index in [0.29, 0.717) is 40.8 Å². The summed E-state index contributed by atoms with van der Waals surface area (Å²) in [4.78, 5) is 27.8. The molecule has 1 aliphatic heterocycles. The van der Waals surface area contributed by atoms with Crippen molar-refractivity contribution in [3.8, 4) is 11.5 Å². The van der Waals surface area contributed by atoms with E-state index < -0.39 is 44.7 Å². The maximum absolute atomic E-state index is 14.1. The topological polar surface area (TPSA) is 96.3 Å². The number of carbonyl (C=O) groups is 2. The van der Waals surface area contributed by atoms with Gasteiger partial charge >= 0.3 is 11.9 Å². The Morgan fingerprint density at radius 3 is 1.33 bits per heavy atom. The molecule has 3 rings (SSSR count). The molecule has 0 bridgehead atoms. The fraction of sp³-hybridized carbons (Fsp3) is 0.641. The summed E-state index contributed by atoms with van der Waals surface area (Å²) in [6.07, 6.45) is 0.608. The predicted octanol–water partition coefficient (Wildman–Crippen LogP) is 9.37. The van der Waals surface area contributed by atoms with Gasteiger partial charge in [0.15, 0.2) is 0 Å². The lowest BCUT2D eigenvalue weighted by Gasteiger charge is -2.50. The van der Waals surface area contributed by atoms with Crippen molar-refractivity contribution in [2.45, 2.75) is 162 Å². The Labute approximate surface area is 277 Å². The van der Waals surface area contributed by atoms with Crippen molar-refractivity contribution >= 4 is 11.9 Å². The molecular formula is C39H59NO6. The number of phenols is 1. The molecule has 1 saturated heterocycles. The minimum atomic E-state index is -0.564. The van der Waals surface area contributed by atoms with Crippen LogP contribution in [0, 0.1) is 0 Å². The number of aromatic hydroxyl groups is 1. The minimum Gasteiger partial charge on any atom is -0.507 e. The number of phenolic OH excluding ortho intramolecular Hbond substituents is 1. The van der Waals surface area contributed by atoms with Crippen LogP contribution in [0.4, 0.5) is 0 Å². The first-order valence-electron chi connectivity index (χ1n) is 16.5. The Hall–Kier alpha value is -2.90. The molecule has 0 aliphatic carbocycles. The van der Waals surface area contributed by atoms with Crippen LogP contribution in [0.5, 0.6) is 11.5 Å². The Bertz CT molecular complexity index is 1400. The fourth-order valence-corrected chi connectivity index (χ4v) is 6.50. The summed E-state index contributed by atoms with van der Waals surface area (Å²) in [5.74, 6) is -0.343. The smallest absolute Gasteiger partial charge is 0.343 e. The van der Waals surface area contributed by atoms with Crippen molar-refractivity contribution in [2.24, 2.45) is 0 Å². The number of esters is 2. The summed E-state index contributed by atoms with van der Waals surface area (Å²) in [6.45, 7) is 32.0. The first-order valence-corrected chi connectivity index (χ1v) is 16.5. The molecule has 2 N–H and O–H groups in total. The van der Waals surface area contributed by atoms with Crippen LogP contribution in [-0.2, 0) is 26.4 Å². The van der Waals surface area contributed by atoms with Gasteiger partial charge in [-0.05, 0) is 73.6 Å². The second-order valence-corrected chi connectivity index (χ2v) is 18.6. The SMILES string of the molecule is CC(C)(C)c1cc(C(=O)Oc2c(C(C)(C)C)cc(C(=O)OC3CC(C)(C)N(O)C(C)(C)C3)cc2C(C)(C)C)cc(C(C)(C)C)c1O. The number of hydrogen-bond donors (Lipinski definition) is 2. The number of nitrogens with zero attached hydrogens (tertiary/aromatic N) is 1. The van der Waals surface area contributed by atoms with E-state index in [1.807, 2.05) is 111 Å². The lowest BCUT2D eigenvalue weighted by Crippen LogP contribution is -2.60. The number of carbonyl (C=O) groups excluding carboxylic acids is 2. The van der Waals surface area contributed by atoms with Crippen molar-refractivity contribution < 1.29 is 29.4 Å². The maximum atomic E-state index is 14.1. The molecule has 0 atom stereocenters. The number of benzene rings is 2. The summed E-state index contributed by atoms with van der Waals surface area (Å²) >= 11 is 0. The molecule has 1 fully saturated rings. The van der Waals surface area contributed by atoms with Crippen LogP contribution in [-0.4, -0.2) is 44.5 Å². The number of hydroxylamine groups is 2. The number of hydrogen-bond acceptors (Lipinski definition) is 7. The highest BCUT2D eigenvalue weighted by Crippen LogP contribution is 2.44. The second kappa shape index (κ2) is 12.0. The van der Waals surface area contributed by atoms with Crippen molar-refractivity contribution in [3.63, 3.8) is 0 Å². The lowest BCUT2D eigenvalue weighted by atomic mass is 9.78. The molecule has 0 spiro atoms. The van der Waals surface area contributed by atoms with Gasteiger partial charge in [0.25, 0.3) is 0 Å². The van der Waals surface area contributed by atoms with Crippen molar-refractivity contribution in [3.05, 3.63) is 57.6 Å². The molecule has 0 aromatic heterocycles. The van der Waals surface area contributed by atoms with Gasteiger partial charge in [-0.15, -0.1) is 0 Å². The molecule has 2 aromatic rings. The number of ether oxygens (including phenoxy) is 2. The van der Waals surface area contributed by atoms with Gasteiger partial charge in [0.1, 0.15) is 17.6 Å². The highest BCUT2D eigenvalue weighted by molar-refractivity contribution is 5.94. The van der Waals surface area contributed by atoms with Gasteiger partial charge < -0.3 is 19.8 Å². The highest BCUT2D eigenvalue weighted by Gasteiger charge is 2.46. The standard InChI is InChI=1S/C39H59NO6/c1-34(2,3)26-17-23(18-27(30(26)41)35(4,5)6)33(43)46-31-28(36(7,8)9)19-24(20-29(31)37(10,11)12)32(42)45-25-21-38(13,14)40(44)39(15,16)22-25/h17-20,25,41,44H,21-22H2,1-16H3. The van der Waals surface area contributed by atoms with Crippen LogP contribution in [0.1, 0.15) is 167 Å².